The molecule has 0 unspecified atom stereocenters. The first kappa shape index (κ1) is 15.4. The Hall–Kier alpha value is -0.470. The standard InChI is InChI=1S/C14H21NO4S2/c1-10-5-13(11(2)20-10)21(17,18)15-6-12-7-19-4-3-14(12,8-15)9-16/h5,12,16H,3-4,6-9H2,1-2H3/t12-,14-/m1/s1. The minimum absolute atomic E-state index is 0.0225. The molecule has 0 bridgehead atoms. The third kappa shape index (κ3) is 2.45. The molecule has 0 spiro atoms. The van der Waals surface area contributed by atoms with Crippen molar-refractivity contribution in [3.8, 4) is 0 Å². The van der Waals surface area contributed by atoms with Gasteiger partial charge in [-0.1, -0.05) is 0 Å². The second kappa shape index (κ2) is 5.31. The van der Waals surface area contributed by atoms with Crippen molar-refractivity contribution in [1.82, 2.24) is 4.31 Å². The first-order valence-corrected chi connectivity index (χ1v) is 9.40. The summed E-state index contributed by atoms with van der Waals surface area (Å²) in [6, 6.07) is 1.75. The van der Waals surface area contributed by atoms with E-state index >= 15 is 0 Å². The van der Waals surface area contributed by atoms with Crippen LogP contribution in [0.4, 0.5) is 0 Å². The van der Waals surface area contributed by atoms with Gasteiger partial charge in [-0.05, 0) is 26.3 Å². The molecule has 118 valence electrons. The van der Waals surface area contributed by atoms with E-state index in [1.807, 2.05) is 13.8 Å². The fraction of sp³-hybridized carbons (Fsp3) is 0.714. The van der Waals surface area contributed by atoms with Crippen LogP contribution in [-0.2, 0) is 14.8 Å². The molecule has 7 heteroatoms. The number of hydrogen-bond donors (Lipinski definition) is 1. The summed E-state index contributed by atoms with van der Waals surface area (Å²) in [6.07, 6.45) is 0.724. The lowest BCUT2D eigenvalue weighted by atomic mass is 9.75. The molecule has 1 aromatic rings. The van der Waals surface area contributed by atoms with Crippen LogP contribution < -0.4 is 0 Å². The highest BCUT2D eigenvalue weighted by atomic mass is 32.2. The van der Waals surface area contributed by atoms with E-state index in [4.69, 9.17) is 4.74 Å². The van der Waals surface area contributed by atoms with Gasteiger partial charge in [0.2, 0.25) is 10.0 Å². The van der Waals surface area contributed by atoms with E-state index in [-0.39, 0.29) is 17.9 Å². The second-order valence-electron chi connectivity index (χ2n) is 6.12. The van der Waals surface area contributed by atoms with Gasteiger partial charge in [-0.2, -0.15) is 4.31 Å². The predicted octanol–water partition coefficient (Wildman–Crippen LogP) is 1.38. The van der Waals surface area contributed by atoms with Gasteiger partial charge in [-0.3, -0.25) is 0 Å². The van der Waals surface area contributed by atoms with E-state index < -0.39 is 10.0 Å². The molecule has 3 heterocycles. The van der Waals surface area contributed by atoms with Crippen molar-refractivity contribution in [1.29, 1.82) is 0 Å². The number of sulfonamides is 1. The number of hydrogen-bond acceptors (Lipinski definition) is 5. The van der Waals surface area contributed by atoms with Gasteiger partial charge >= 0.3 is 0 Å². The van der Waals surface area contributed by atoms with Crippen LogP contribution in [0.5, 0.6) is 0 Å². The number of aryl methyl sites for hydroxylation is 2. The molecular weight excluding hydrogens is 310 g/mol. The van der Waals surface area contributed by atoms with E-state index in [2.05, 4.69) is 0 Å². The highest BCUT2D eigenvalue weighted by molar-refractivity contribution is 7.89. The Morgan fingerprint density at radius 1 is 1.52 bits per heavy atom. The maximum atomic E-state index is 12.9. The second-order valence-corrected chi connectivity index (χ2v) is 9.48. The summed E-state index contributed by atoms with van der Waals surface area (Å²) in [7, 11) is -3.48. The van der Waals surface area contributed by atoms with Crippen LogP contribution in [0.1, 0.15) is 16.2 Å². The molecule has 0 amide bonds. The number of rotatable bonds is 3. The van der Waals surface area contributed by atoms with Gasteiger partial charge in [-0.15, -0.1) is 11.3 Å². The Morgan fingerprint density at radius 3 is 2.86 bits per heavy atom. The normalized spacial score (nSPS) is 30.5. The molecule has 1 aromatic heterocycles. The lowest BCUT2D eigenvalue weighted by molar-refractivity contribution is -0.0414. The molecule has 21 heavy (non-hydrogen) atoms. The first-order chi connectivity index (χ1) is 9.89. The van der Waals surface area contributed by atoms with Crippen LogP contribution >= 0.6 is 11.3 Å². The zero-order chi connectivity index (χ0) is 15.3. The number of aliphatic hydroxyl groups is 1. The molecule has 5 nitrogen and oxygen atoms in total. The van der Waals surface area contributed by atoms with Crippen LogP contribution in [0.2, 0.25) is 0 Å². The van der Waals surface area contributed by atoms with Crippen molar-refractivity contribution in [2.45, 2.75) is 25.2 Å². The van der Waals surface area contributed by atoms with E-state index in [1.54, 1.807) is 6.07 Å². The summed E-state index contributed by atoms with van der Waals surface area (Å²) < 4.78 is 32.8. The summed E-state index contributed by atoms with van der Waals surface area (Å²) in [5.74, 6) is 0.0889. The molecule has 0 aliphatic carbocycles. The maximum absolute atomic E-state index is 12.9. The average Bonchev–Trinajstić information content (AvgIpc) is 3.00. The Kier molecular flexibility index (Phi) is 3.90. The number of fused-ring (bicyclic) bond motifs is 1. The van der Waals surface area contributed by atoms with Gasteiger partial charge in [0.05, 0.1) is 18.1 Å². The molecule has 2 fully saturated rings. The fourth-order valence-corrected chi connectivity index (χ4v) is 6.55. The summed E-state index contributed by atoms with van der Waals surface area (Å²) in [5.41, 5.74) is -0.329. The average molecular weight is 331 g/mol. The van der Waals surface area contributed by atoms with Crippen molar-refractivity contribution in [2.75, 3.05) is 32.9 Å². The van der Waals surface area contributed by atoms with Crippen molar-refractivity contribution < 1.29 is 18.3 Å². The monoisotopic (exact) mass is 331 g/mol. The largest absolute Gasteiger partial charge is 0.396 e. The lowest BCUT2D eigenvalue weighted by Gasteiger charge is -2.36. The zero-order valence-electron chi connectivity index (χ0n) is 12.3. The van der Waals surface area contributed by atoms with Crippen LogP contribution in [0.25, 0.3) is 0 Å². The third-order valence-corrected chi connectivity index (χ3v) is 7.81. The summed E-state index contributed by atoms with van der Waals surface area (Å²) in [4.78, 5) is 2.25. The van der Waals surface area contributed by atoms with Gasteiger partial charge in [0, 0.05) is 40.8 Å². The van der Waals surface area contributed by atoms with Crippen molar-refractivity contribution >= 4 is 21.4 Å². The number of thiophene rings is 1. The predicted molar refractivity (Wildman–Crippen MR) is 81.0 cm³/mol. The highest BCUT2D eigenvalue weighted by Crippen LogP contribution is 2.44. The van der Waals surface area contributed by atoms with Crippen molar-refractivity contribution in [2.24, 2.45) is 11.3 Å². The lowest BCUT2D eigenvalue weighted by Crippen LogP contribution is -2.41. The van der Waals surface area contributed by atoms with E-state index in [0.29, 0.717) is 31.2 Å². The Morgan fingerprint density at radius 2 is 2.29 bits per heavy atom. The Labute approximate surface area is 129 Å². The van der Waals surface area contributed by atoms with Gasteiger partial charge < -0.3 is 9.84 Å². The van der Waals surface area contributed by atoms with Crippen LogP contribution in [-0.4, -0.2) is 50.7 Å². The minimum Gasteiger partial charge on any atom is -0.396 e. The molecule has 0 saturated carbocycles. The first-order valence-electron chi connectivity index (χ1n) is 7.15. The molecular formula is C14H21NO4S2. The van der Waals surface area contributed by atoms with Crippen molar-refractivity contribution in [3.63, 3.8) is 0 Å². The van der Waals surface area contributed by atoms with Crippen LogP contribution in [0, 0.1) is 25.2 Å². The van der Waals surface area contributed by atoms with Gasteiger partial charge in [-0.25, -0.2) is 8.42 Å². The molecule has 2 aliphatic heterocycles. The smallest absolute Gasteiger partial charge is 0.244 e. The topological polar surface area (TPSA) is 66.8 Å². The number of ether oxygens (including phenoxy) is 1. The third-order valence-electron chi connectivity index (χ3n) is 4.77. The van der Waals surface area contributed by atoms with E-state index in [1.165, 1.54) is 15.6 Å². The molecule has 0 aromatic carbocycles. The Bertz CT molecular complexity index is 639. The number of aliphatic hydroxyl groups excluding tert-OH is 1. The number of nitrogens with zero attached hydrogens (tertiary/aromatic N) is 1. The van der Waals surface area contributed by atoms with Crippen LogP contribution in [0.3, 0.4) is 0 Å². The molecule has 2 saturated heterocycles. The summed E-state index contributed by atoms with van der Waals surface area (Å²) in [5, 5.41) is 9.79. The van der Waals surface area contributed by atoms with E-state index in [0.717, 1.165) is 16.2 Å². The van der Waals surface area contributed by atoms with Gasteiger partial charge in [0.15, 0.2) is 0 Å². The quantitative estimate of drug-likeness (QED) is 0.909. The highest BCUT2D eigenvalue weighted by Gasteiger charge is 2.51. The molecule has 0 radical (unpaired) electrons. The molecule has 2 atom stereocenters. The molecule has 2 aliphatic rings. The Balaban J connectivity index is 1.93. The summed E-state index contributed by atoms with van der Waals surface area (Å²) in [6.45, 7) is 5.76. The van der Waals surface area contributed by atoms with Crippen LogP contribution in [0.15, 0.2) is 11.0 Å². The van der Waals surface area contributed by atoms with Gasteiger partial charge in [0.1, 0.15) is 0 Å². The summed E-state index contributed by atoms with van der Waals surface area (Å²) >= 11 is 1.51. The zero-order valence-corrected chi connectivity index (χ0v) is 14.0. The minimum atomic E-state index is -3.48. The van der Waals surface area contributed by atoms with E-state index in [9.17, 15) is 13.5 Å². The maximum Gasteiger partial charge on any atom is 0.244 e. The molecule has 3 rings (SSSR count). The van der Waals surface area contributed by atoms with Crippen molar-refractivity contribution in [3.05, 3.63) is 15.8 Å². The fourth-order valence-electron chi connectivity index (χ4n) is 3.44. The SMILES string of the molecule is Cc1cc(S(=O)(=O)N2C[C@@H]3COCC[C@]3(CO)C2)c(C)s1. The van der Waals surface area contributed by atoms with Gasteiger partial charge in [0.25, 0.3) is 0 Å². The molecule has 1 N–H and O–H groups in total.